The molecule has 2 amide bonds. The van der Waals surface area contributed by atoms with Crippen molar-refractivity contribution < 1.29 is 14.3 Å². The zero-order chi connectivity index (χ0) is 17.5. The Kier molecular flexibility index (Phi) is 6.87. The minimum absolute atomic E-state index is 0.0258. The molecule has 1 fully saturated rings. The van der Waals surface area contributed by atoms with Gasteiger partial charge in [0.1, 0.15) is 5.75 Å². The van der Waals surface area contributed by atoms with Gasteiger partial charge in [-0.2, -0.15) is 0 Å². The molecule has 1 aromatic rings. The van der Waals surface area contributed by atoms with Gasteiger partial charge in [0, 0.05) is 36.5 Å². The first-order valence-corrected chi connectivity index (χ1v) is 8.51. The number of carbonyl (C=O) groups excluding carboxylic acids is 2. The molecule has 1 unspecified atom stereocenters. The maximum Gasteiger partial charge on any atom is 0.226 e. The Morgan fingerprint density at radius 2 is 2.17 bits per heavy atom. The van der Waals surface area contributed by atoms with Gasteiger partial charge < -0.3 is 20.7 Å². The summed E-state index contributed by atoms with van der Waals surface area (Å²) >= 11 is 6.04. The number of nitrogens with one attached hydrogen (secondary N) is 3. The van der Waals surface area contributed by atoms with Gasteiger partial charge in [0.25, 0.3) is 0 Å². The Hall–Kier alpha value is -1.79. The average molecular weight is 354 g/mol. The summed E-state index contributed by atoms with van der Waals surface area (Å²) in [5.41, 5.74) is 1.43. The Balaban J connectivity index is 1.77. The second-order valence-electron chi connectivity index (χ2n) is 5.95. The summed E-state index contributed by atoms with van der Waals surface area (Å²) in [5, 5.41) is 9.43. The highest BCUT2D eigenvalue weighted by Crippen LogP contribution is 2.30. The third kappa shape index (κ3) is 5.39. The van der Waals surface area contributed by atoms with E-state index in [1.165, 1.54) is 7.11 Å². The Morgan fingerprint density at radius 3 is 2.83 bits per heavy atom. The Bertz CT molecular complexity index is 601. The predicted molar refractivity (Wildman–Crippen MR) is 94.6 cm³/mol. The van der Waals surface area contributed by atoms with E-state index in [1.54, 1.807) is 12.1 Å². The molecule has 1 heterocycles. The number of methoxy groups -OCH3 is 1. The van der Waals surface area contributed by atoms with Gasteiger partial charge in [-0.25, -0.2) is 0 Å². The first kappa shape index (κ1) is 18.5. The van der Waals surface area contributed by atoms with Crippen molar-refractivity contribution in [1.82, 2.24) is 10.6 Å². The van der Waals surface area contributed by atoms with Crippen LogP contribution in [0.25, 0.3) is 0 Å². The molecule has 0 radical (unpaired) electrons. The number of aryl methyl sites for hydroxylation is 1. The fraction of sp³-hybridized carbons (Fsp3) is 0.529. The molecule has 132 valence electrons. The average Bonchev–Trinajstić information content (AvgIpc) is 3.03. The van der Waals surface area contributed by atoms with Gasteiger partial charge in [-0.15, -0.1) is 0 Å². The van der Waals surface area contributed by atoms with Crippen LogP contribution in [0.1, 0.15) is 31.2 Å². The van der Waals surface area contributed by atoms with Crippen molar-refractivity contribution in [3.8, 4) is 5.75 Å². The first-order chi connectivity index (χ1) is 11.5. The number of amides is 2. The van der Waals surface area contributed by atoms with E-state index in [4.69, 9.17) is 16.3 Å². The SMILES string of the molecule is COc1cc(Cl)c(C)cc1NC(=O)CCNC(=O)CC1CCCN1. The lowest BCUT2D eigenvalue weighted by molar-refractivity contribution is -0.121. The van der Waals surface area contributed by atoms with Crippen molar-refractivity contribution in [3.63, 3.8) is 0 Å². The molecule has 3 N–H and O–H groups in total. The summed E-state index contributed by atoms with van der Waals surface area (Å²) in [6, 6.07) is 3.70. The van der Waals surface area contributed by atoms with Gasteiger partial charge in [0.15, 0.2) is 0 Å². The van der Waals surface area contributed by atoms with Crippen LogP contribution < -0.4 is 20.7 Å². The molecule has 6 nitrogen and oxygen atoms in total. The van der Waals surface area contributed by atoms with Gasteiger partial charge in [-0.05, 0) is 37.9 Å². The summed E-state index contributed by atoms with van der Waals surface area (Å²) < 4.78 is 5.22. The molecular weight excluding hydrogens is 330 g/mol. The Labute approximate surface area is 147 Å². The molecule has 0 spiro atoms. The number of hydrogen-bond acceptors (Lipinski definition) is 4. The molecule has 1 aromatic carbocycles. The van der Waals surface area contributed by atoms with Crippen LogP contribution in [0.5, 0.6) is 5.75 Å². The second-order valence-corrected chi connectivity index (χ2v) is 6.35. The minimum Gasteiger partial charge on any atom is -0.495 e. The van der Waals surface area contributed by atoms with Gasteiger partial charge in [-0.1, -0.05) is 11.6 Å². The van der Waals surface area contributed by atoms with Crippen LogP contribution in [0.15, 0.2) is 12.1 Å². The van der Waals surface area contributed by atoms with Crippen LogP contribution in [0.3, 0.4) is 0 Å². The van der Waals surface area contributed by atoms with Crippen molar-refractivity contribution in [2.24, 2.45) is 0 Å². The van der Waals surface area contributed by atoms with Crippen LogP contribution >= 0.6 is 11.6 Å². The summed E-state index contributed by atoms with van der Waals surface area (Å²) in [4.78, 5) is 23.8. The molecule has 1 aliphatic heterocycles. The highest BCUT2D eigenvalue weighted by atomic mass is 35.5. The van der Waals surface area contributed by atoms with E-state index in [2.05, 4.69) is 16.0 Å². The Morgan fingerprint density at radius 1 is 1.38 bits per heavy atom. The standard InChI is InChI=1S/C17H24ClN3O3/c1-11-8-14(15(24-2)10-13(11)18)21-16(22)5-7-20-17(23)9-12-4-3-6-19-12/h8,10,12,19H,3-7,9H2,1-2H3,(H,20,23)(H,21,22). The third-order valence-corrected chi connectivity index (χ3v) is 4.43. The smallest absolute Gasteiger partial charge is 0.226 e. The normalized spacial score (nSPS) is 16.7. The minimum atomic E-state index is -0.186. The molecule has 1 atom stereocenters. The van der Waals surface area contributed by atoms with E-state index in [-0.39, 0.29) is 24.3 Å². The highest BCUT2D eigenvalue weighted by Gasteiger charge is 2.17. The topological polar surface area (TPSA) is 79.5 Å². The molecule has 24 heavy (non-hydrogen) atoms. The lowest BCUT2D eigenvalue weighted by Gasteiger charge is -2.13. The van der Waals surface area contributed by atoms with E-state index in [1.807, 2.05) is 6.92 Å². The van der Waals surface area contributed by atoms with Crippen LogP contribution in [0.4, 0.5) is 5.69 Å². The predicted octanol–water partition coefficient (Wildman–Crippen LogP) is 2.24. The van der Waals surface area contributed by atoms with Crippen molar-refractivity contribution in [2.45, 2.75) is 38.6 Å². The molecule has 0 aromatic heterocycles. The van der Waals surface area contributed by atoms with E-state index in [9.17, 15) is 9.59 Å². The van der Waals surface area contributed by atoms with Crippen molar-refractivity contribution in [2.75, 3.05) is 25.5 Å². The number of anilines is 1. The molecule has 0 bridgehead atoms. The molecule has 2 rings (SSSR count). The summed E-state index contributed by atoms with van der Waals surface area (Å²) in [7, 11) is 1.52. The molecule has 1 saturated heterocycles. The van der Waals surface area contributed by atoms with Crippen LogP contribution in [0.2, 0.25) is 5.02 Å². The fourth-order valence-corrected chi connectivity index (χ4v) is 2.84. The third-order valence-electron chi connectivity index (χ3n) is 4.02. The summed E-state index contributed by atoms with van der Waals surface area (Å²) in [5.74, 6) is 0.298. The number of benzene rings is 1. The molecule has 0 saturated carbocycles. The molecular formula is C17H24ClN3O3. The van der Waals surface area contributed by atoms with Crippen LogP contribution in [-0.2, 0) is 9.59 Å². The lowest BCUT2D eigenvalue weighted by Crippen LogP contribution is -2.33. The first-order valence-electron chi connectivity index (χ1n) is 8.13. The summed E-state index contributed by atoms with van der Waals surface area (Å²) in [6.07, 6.45) is 2.81. The maximum absolute atomic E-state index is 12.0. The van der Waals surface area contributed by atoms with Crippen LogP contribution in [0, 0.1) is 6.92 Å². The zero-order valence-electron chi connectivity index (χ0n) is 14.1. The van der Waals surface area contributed by atoms with Crippen LogP contribution in [-0.4, -0.2) is 38.1 Å². The van der Waals surface area contributed by atoms with Crippen molar-refractivity contribution >= 4 is 29.1 Å². The number of carbonyl (C=O) groups is 2. The van der Waals surface area contributed by atoms with E-state index in [0.29, 0.717) is 29.4 Å². The maximum atomic E-state index is 12.0. The number of rotatable bonds is 7. The second kappa shape index (κ2) is 8.89. The van der Waals surface area contributed by atoms with E-state index in [0.717, 1.165) is 24.9 Å². The number of hydrogen-bond donors (Lipinski definition) is 3. The number of ether oxygens (including phenoxy) is 1. The fourth-order valence-electron chi connectivity index (χ4n) is 2.68. The highest BCUT2D eigenvalue weighted by molar-refractivity contribution is 6.31. The van der Waals surface area contributed by atoms with Gasteiger partial charge >= 0.3 is 0 Å². The lowest BCUT2D eigenvalue weighted by atomic mass is 10.1. The van der Waals surface area contributed by atoms with E-state index < -0.39 is 0 Å². The molecule has 7 heteroatoms. The molecule has 1 aliphatic rings. The van der Waals surface area contributed by atoms with Crippen molar-refractivity contribution in [3.05, 3.63) is 22.7 Å². The van der Waals surface area contributed by atoms with Gasteiger partial charge in [0.2, 0.25) is 11.8 Å². The zero-order valence-corrected chi connectivity index (χ0v) is 14.8. The van der Waals surface area contributed by atoms with E-state index >= 15 is 0 Å². The quantitative estimate of drug-likeness (QED) is 0.702. The monoisotopic (exact) mass is 353 g/mol. The number of halogens is 1. The molecule has 0 aliphatic carbocycles. The van der Waals surface area contributed by atoms with Crippen molar-refractivity contribution in [1.29, 1.82) is 0 Å². The summed E-state index contributed by atoms with van der Waals surface area (Å²) in [6.45, 7) is 3.14. The van der Waals surface area contributed by atoms with Gasteiger partial charge in [-0.3, -0.25) is 9.59 Å². The van der Waals surface area contributed by atoms with Gasteiger partial charge in [0.05, 0.1) is 12.8 Å². The largest absolute Gasteiger partial charge is 0.495 e.